The minimum Gasteiger partial charge on any atom is -0.494 e. The summed E-state index contributed by atoms with van der Waals surface area (Å²) in [6, 6.07) is 16.5. The van der Waals surface area contributed by atoms with E-state index in [1.807, 2.05) is 31.2 Å². The first-order valence-electron chi connectivity index (χ1n) is 9.81. The number of hydrogen-bond donors (Lipinski definition) is 0. The van der Waals surface area contributed by atoms with Crippen LogP contribution in [0, 0.1) is 6.92 Å². The molecule has 1 aliphatic heterocycles. The zero-order valence-corrected chi connectivity index (χ0v) is 16.5. The van der Waals surface area contributed by atoms with E-state index in [1.54, 1.807) is 0 Å². The van der Waals surface area contributed by atoms with Crippen molar-refractivity contribution in [3.8, 4) is 17.1 Å². The van der Waals surface area contributed by atoms with Gasteiger partial charge < -0.3 is 14.2 Å². The van der Waals surface area contributed by atoms with Crippen LogP contribution in [0.5, 0.6) is 5.75 Å². The minimum atomic E-state index is 0.622. The number of aromatic nitrogens is 2. The molecule has 0 bridgehead atoms. The molecule has 0 amide bonds. The molecule has 28 heavy (non-hydrogen) atoms. The van der Waals surface area contributed by atoms with Gasteiger partial charge in [-0.15, -0.1) is 0 Å². The molecule has 0 N–H and O–H groups in total. The van der Waals surface area contributed by atoms with E-state index in [9.17, 15) is 0 Å². The lowest BCUT2D eigenvalue weighted by Crippen LogP contribution is -2.46. The molecule has 4 rings (SSSR count). The van der Waals surface area contributed by atoms with Crippen LogP contribution in [0.1, 0.15) is 18.4 Å². The van der Waals surface area contributed by atoms with Crippen LogP contribution in [0.3, 0.4) is 0 Å². The minimum absolute atomic E-state index is 0.622. The van der Waals surface area contributed by atoms with Crippen molar-refractivity contribution in [1.29, 1.82) is 0 Å². The van der Waals surface area contributed by atoms with Gasteiger partial charge in [0.15, 0.2) is 0 Å². The van der Waals surface area contributed by atoms with Crippen molar-refractivity contribution in [2.45, 2.75) is 20.4 Å². The number of piperazine rings is 1. The molecule has 2 aromatic carbocycles. The highest BCUT2D eigenvalue weighted by Crippen LogP contribution is 2.21. The maximum Gasteiger partial charge on any atom is 0.241 e. The molecule has 6 nitrogen and oxygen atoms in total. The molecule has 1 saturated heterocycles. The third kappa shape index (κ3) is 4.34. The molecule has 1 aliphatic rings. The van der Waals surface area contributed by atoms with Crippen LogP contribution in [0.25, 0.3) is 11.4 Å². The molecule has 146 valence electrons. The Hall–Kier alpha value is -2.86. The smallest absolute Gasteiger partial charge is 0.241 e. The van der Waals surface area contributed by atoms with Crippen molar-refractivity contribution in [3.05, 3.63) is 60.0 Å². The Labute approximate surface area is 165 Å². The van der Waals surface area contributed by atoms with Crippen LogP contribution >= 0.6 is 0 Å². The van der Waals surface area contributed by atoms with Crippen molar-refractivity contribution < 1.29 is 9.26 Å². The van der Waals surface area contributed by atoms with Crippen LogP contribution in [-0.2, 0) is 6.54 Å². The van der Waals surface area contributed by atoms with Gasteiger partial charge in [-0.1, -0.05) is 17.3 Å². The summed E-state index contributed by atoms with van der Waals surface area (Å²) in [5.74, 6) is 2.13. The zero-order chi connectivity index (χ0) is 19.3. The fourth-order valence-corrected chi connectivity index (χ4v) is 3.48. The van der Waals surface area contributed by atoms with Crippen molar-refractivity contribution in [2.24, 2.45) is 0 Å². The standard InChI is InChI=1S/C22H26N4O2/c1-3-27-20-9-7-18(8-10-20)22-23-21(28-24-22)16-25-11-13-26(14-12-25)19-6-4-5-17(2)15-19/h4-10,15H,3,11-14,16H2,1-2H3. The normalized spacial score (nSPS) is 15.0. The maximum absolute atomic E-state index is 5.48. The van der Waals surface area contributed by atoms with Gasteiger partial charge in [-0.25, -0.2) is 0 Å². The Bertz CT molecular complexity index is 899. The van der Waals surface area contributed by atoms with Gasteiger partial charge in [0.25, 0.3) is 0 Å². The number of aryl methyl sites for hydroxylation is 1. The first-order chi connectivity index (χ1) is 13.7. The molecule has 2 heterocycles. The lowest BCUT2D eigenvalue weighted by atomic mass is 10.2. The third-order valence-corrected chi connectivity index (χ3v) is 4.99. The number of ether oxygens (including phenoxy) is 1. The fraction of sp³-hybridized carbons (Fsp3) is 0.364. The highest BCUT2D eigenvalue weighted by Gasteiger charge is 2.20. The van der Waals surface area contributed by atoms with Crippen LogP contribution in [0.15, 0.2) is 53.1 Å². The summed E-state index contributed by atoms with van der Waals surface area (Å²) in [6.45, 7) is 9.42. The van der Waals surface area contributed by atoms with E-state index in [0.29, 0.717) is 24.9 Å². The first-order valence-corrected chi connectivity index (χ1v) is 9.81. The van der Waals surface area contributed by atoms with Crippen LogP contribution in [0.2, 0.25) is 0 Å². The van der Waals surface area contributed by atoms with E-state index in [0.717, 1.165) is 37.5 Å². The van der Waals surface area contributed by atoms with Crippen LogP contribution in [0.4, 0.5) is 5.69 Å². The van der Waals surface area contributed by atoms with Gasteiger partial charge in [0.05, 0.1) is 13.2 Å². The molecule has 0 saturated carbocycles. The average molecular weight is 378 g/mol. The summed E-state index contributed by atoms with van der Waals surface area (Å²) < 4.78 is 11.0. The van der Waals surface area contributed by atoms with Gasteiger partial charge in [-0.3, -0.25) is 4.90 Å². The predicted molar refractivity (Wildman–Crippen MR) is 110 cm³/mol. The van der Waals surface area contributed by atoms with Gasteiger partial charge in [0, 0.05) is 37.4 Å². The maximum atomic E-state index is 5.48. The Balaban J connectivity index is 1.33. The van der Waals surface area contributed by atoms with Crippen molar-refractivity contribution in [3.63, 3.8) is 0 Å². The van der Waals surface area contributed by atoms with Gasteiger partial charge in [-0.05, 0) is 55.8 Å². The van der Waals surface area contributed by atoms with E-state index in [4.69, 9.17) is 9.26 Å². The van der Waals surface area contributed by atoms with Crippen molar-refractivity contribution in [2.75, 3.05) is 37.7 Å². The van der Waals surface area contributed by atoms with Crippen LogP contribution in [-0.4, -0.2) is 47.8 Å². The molecule has 3 aromatic rings. The highest BCUT2D eigenvalue weighted by molar-refractivity contribution is 5.55. The van der Waals surface area contributed by atoms with E-state index < -0.39 is 0 Å². The summed E-state index contributed by atoms with van der Waals surface area (Å²) in [5.41, 5.74) is 3.53. The van der Waals surface area contributed by atoms with Gasteiger partial charge in [0.2, 0.25) is 11.7 Å². The third-order valence-electron chi connectivity index (χ3n) is 4.99. The summed E-state index contributed by atoms with van der Waals surface area (Å²) >= 11 is 0. The molecule has 1 aromatic heterocycles. The predicted octanol–water partition coefficient (Wildman–Crippen LogP) is 3.77. The highest BCUT2D eigenvalue weighted by atomic mass is 16.5. The topological polar surface area (TPSA) is 54.6 Å². The largest absolute Gasteiger partial charge is 0.494 e. The van der Waals surface area contributed by atoms with E-state index in [-0.39, 0.29) is 0 Å². The molecule has 0 aliphatic carbocycles. The number of benzene rings is 2. The summed E-state index contributed by atoms with van der Waals surface area (Å²) in [6.07, 6.45) is 0. The van der Waals surface area contributed by atoms with Gasteiger partial charge >= 0.3 is 0 Å². The van der Waals surface area contributed by atoms with Crippen molar-refractivity contribution in [1.82, 2.24) is 15.0 Å². The molecule has 0 radical (unpaired) electrons. The second kappa shape index (κ2) is 8.44. The molecule has 0 atom stereocenters. The van der Waals surface area contributed by atoms with E-state index in [1.165, 1.54) is 11.3 Å². The Morgan fingerprint density at radius 3 is 2.54 bits per heavy atom. The fourth-order valence-electron chi connectivity index (χ4n) is 3.48. The van der Waals surface area contributed by atoms with Gasteiger partial charge in [0.1, 0.15) is 5.75 Å². The lowest BCUT2D eigenvalue weighted by molar-refractivity contribution is 0.215. The number of nitrogens with zero attached hydrogens (tertiary/aromatic N) is 4. The Morgan fingerprint density at radius 2 is 1.82 bits per heavy atom. The SMILES string of the molecule is CCOc1ccc(-c2noc(CN3CCN(c4cccc(C)c4)CC3)n2)cc1. The molecule has 6 heteroatoms. The zero-order valence-electron chi connectivity index (χ0n) is 16.5. The van der Waals surface area contributed by atoms with Gasteiger partial charge in [-0.2, -0.15) is 4.98 Å². The summed E-state index contributed by atoms with van der Waals surface area (Å²) in [4.78, 5) is 9.36. The number of anilines is 1. The summed E-state index contributed by atoms with van der Waals surface area (Å²) in [5, 5.41) is 4.14. The average Bonchev–Trinajstić information content (AvgIpc) is 3.18. The molecule has 0 spiro atoms. The lowest BCUT2D eigenvalue weighted by Gasteiger charge is -2.35. The van der Waals surface area contributed by atoms with E-state index in [2.05, 4.69) is 51.1 Å². The Morgan fingerprint density at radius 1 is 1.04 bits per heavy atom. The number of hydrogen-bond acceptors (Lipinski definition) is 6. The first kappa shape index (κ1) is 18.5. The molecule has 1 fully saturated rings. The second-order valence-electron chi connectivity index (χ2n) is 7.07. The molecular weight excluding hydrogens is 352 g/mol. The molecular formula is C22H26N4O2. The second-order valence-corrected chi connectivity index (χ2v) is 7.07. The Kier molecular flexibility index (Phi) is 5.58. The quantitative estimate of drug-likeness (QED) is 0.651. The monoisotopic (exact) mass is 378 g/mol. The molecule has 0 unspecified atom stereocenters. The summed E-state index contributed by atoms with van der Waals surface area (Å²) in [7, 11) is 0. The van der Waals surface area contributed by atoms with Crippen molar-refractivity contribution >= 4 is 5.69 Å². The van der Waals surface area contributed by atoms with Crippen LogP contribution < -0.4 is 9.64 Å². The van der Waals surface area contributed by atoms with E-state index >= 15 is 0 Å². The number of rotatable bonds is 6.